The molecule has 4 heteroatoms. The van der Waals surface area contributed by atoms with Crippen molar-refractivity contribution in [3.63, 3.8) is 0 Å². The van der Waals surface area contributed by atoms with Crippen LogP contribution in [0.1, 0.15) is 36.4 Å². The molecule has 0 fully saturated rings. The molecule has 0 atom stereocenters. The molecule has 94 valence electrons. The molecular weight excluding hydrogens is 232 g/mol. The Hall–Kier alpha value is -0.890. The molecule has 1 aromatic heterocycles. The van der Waals surface area contributed by atoms with E-state index >= 15 is 0 Å². The Morgan fingerprint density at radius 3 is 2.88 bits per heavy atom. The first-order valence-electron chi connectivity index (χ1n) is 6.03. The summed E-state index contributed by atoms with van der Waals surface area (Å²) in [5.74, 6) is 0. The number of rotatable bonds is 8. The zero-order valence-corrected chi connectivity index (χ0v) is 11.3. The molecule has 0 amide bonds. The summed E-state index contributed by atoms with van der Waals surface area (Å²) >= 11 is 1.56. The van der Waals surface area contributed by atoms with Crippen LogP contribution in [0.25, 0.3) is 0 Å². The molecule has 1 aromatic rings. The van der Waals surface area contributed by atoms with Gasteiger partial charge in [0.05, 0.1) is 6.10 Å². The average molecular weight is 252 g/mol. The maximum Gasteiger partial charge on any atom is 0.110 e. The Morgan fingerprint density at radius 2 is 2.24 bits per heavy atom. The topological polar surface area (TPSA) is 45.0 Å². The standard InChI is InChI=1S/C13H20N2OS/c1-11(2)16-8-4-3-7-15-10-13-6-5-12(9-14)17-13/h5-6,11,15H,3-4,7-8,10H2,1-2H3. The molecule has 0 aliphatic rings. The van der Waals surface area contributed by atoms with E-state index in [-0.39, 0.29) is 0 Å². The van der Waals surface area contributed by atoms with Gasteiger partial charge in [-0.2, -0.15) is 5.26 Å². The molecule has 0 radical (unpaired) electrons. The summed E-state index contributed by atoms with van der Waals surface area (Å²) in [6, 6.07) is 6.04. The highest BCUT2D eigenvalue weighted by molar-refractivity contribution is 7.12. The SMILES string of the molecule is CC(C)OCCCCNCc1ccc(C#N)s1. The molecule has 0 unspecified atom stereocenters. The van der Waals surface area contributed by atoms with Gasteiger partial charge in [-0.3, -0.25) is 0 Å². The van der Waals surface area contributed by atoms with Crippen LogP contribution in [0, 0.1) is 11.3 Å². The molecule has 0 aliphatic carbocycles. The number of hydrogen-bond donors (Lipinski definition) is 1. The number of ether oxygens (including phenoxy) is 1. The largest absolute Gasteiger partial charge is 0.379 e. The smallest absolute Gasteiger partial charge is 0.110 e. The van der Waals surface area contributed by atoms with Crippen LogP contribution in [0.5, 0.6) is 0 Å². The summed E-state index contributed by atoms with van der Waals surface area (Å²) < 4.78 is 5.46. The third-order valence-electron chi connectivity index (χ3n) is 2.27. The van der Waals surface area contributed by atoms with Gasteiger partial charge >= 0.3 is 0 Å². The van der Waals surface area contributed by atoms with E-state index in [2.05, 4.69) is 25.2 Å². The molecule has 0 spiro atoms. The first-order valence-corrected chi connectivity index (χ1v) is 6.85. The number of nitrogens with one attached hydrogen (secondary N) is 1. The quantitative estimate of drug-likeness (QED) is 0.724. The van der Waals surface area contributed by atoms with E-state index in [4.69, 9.17) is 10.00 Å². The van der Waals surface area contributed by atoms with E-state index < -0.39 is 0 Å². The van der Waals surface area contributed by atoms with Gasteiger partial charge in [0, 0.05) is 18.0 Å². The number of hydrogen-bond acceptors (Lipinski definition) is 4. The lowest BCUT2D eigenvalue weighted by molar-refractivity contribution is 0.0760. The molecule has 1 rings (SSSR count). The lowest BCUT2D eigenvalue weighted by atomic mass is 10.3. The average Bonchev–Trinajstić information content (AvgIpc) is 2.75. The van der Waals surface area contributed by atoms with Crippen LogP contribution >= 0.6 is 11.3 Å². The second-order valence-electron chi connectivity index (χ2n) is 4.18. The van der Waals surface area contributed by atoms with Crippen LogP contribution in [0.3, 0.4) is 0 Å². The highest BCUT2D eigenvalue weighted by Gasteiger charge is 1.98. The van der Waals surface area contributed by atoms with Crippen molar-refractivity contribution >= 4 is 11.3 Å². The minimum Gasteiger partial charge on any atom is -0.379 e. The van der Waals surface area contributed by atoms with Crippen molar-refractivity contribution in [2.75, 3.05) is 13.2 Å². The molecule has 0 bridgehead atoms. The number of nitrogens with zero attached hydrogens (tertiary/aromatic N) is 1. The van der Waals surface area contributed by atoms with Crippen LogP contribution < -0.4 is 5.32 Å². The zero-order chi connectivity index (χ0) is 12.5. The van der Waals surface area contributed by atoms with Crippen molar-refractivity contribution in [2.24, 2.45) is 0 Å². The predicted molar refractivity (Wildman–Crippen MR) is 71.1 cm³/mol. The van der Waals surface area contributed by atoms with Crippen molar-refractivity contribution in [3.05, 3.63) is 21.9 Å². The van der Waals surface area contributed by atoms with Gasteiger partial charge in [-0.15, -0.1) is 11.3 Å². The maximum absolute atomic E-state index is 8.69. The fraction of sp³-hybridized carbons (Fsp3) is 0.615. The van der Waals surface area contributed by atoms with Gasteiger partial charge in [0.1, 0.15) is 10.9 Å². The summed E-state index contributed by atoms with van der Waals surface area (Å²) in [5.41, 5.74) is 0. The Balaban J connectivity index is 1.99. The lowest BCUT2D eigenvalue weighted by Gasteiger charge is -2.07. The Morgan fingerprint density at radius 1 is 1.41 bits per heavy atom. The fourth-order valence-corrected chi connectivity index (χ4v) is 2.19. The summed E-state index contributed by atoms with van der Waals surface area (Å²) in [6.45, 7) is 6.82. The van der Waals surface area contributed by atoms with Crippen molar-refractivity contribution < 1.29 is 4.74 Å². The van der Waals surface area contributed by atoms with Gasteiger partial charge in [0.25, 0.3) is 0 Å². The highest BCUT2D eigenvalue weighted by atomic mass is 32.1. The minimum absolute atomic E-state index is 0.332. The van der Waals surface area contributed by atoms with E-state index in [9.17, 15) is 0 Å². The zero-order valence-electron chi connectivity index (χ0n) is 10.5. The van der Waals surface area contributed by atoms with Crippen molar-refractivity contribution in [3.8, 4) is 6.07 Å². The Labute approximate surface area is 107 Å². The molecule has 0 aliphatic heterocycles. The fourth-order valence-electron chi connectivity index (χ4n) is 1.42. The molecule has 1 N–H and O–H groups in total. The van der Waals surface area contributed by atoms with Gasteiger partial charge in [-0.1, -0.05) is 0 Å². The molecule has 17 heavy (non-hydrogen) atoms. The number of thiophene rings is 1. The molecule has 0 saturated heterocycles. The van der Waals surface area contributed by atoms with Crippen LogP contribution in [-0.4, -0.2) is 19.3 Å². The molecule has 3 nitrogen and oxygen atoms in total. The Bertz CT molecular complexity index is 355. The second-order valence-corrected chi connectivity index (χ2v) is 5.35. The summed E-state index contributed by atoms with van der Waals surface area (Å²) in [7, 11) is 0. The van der Waals surface area contributed by atoms with E-state index in [0.29, 0.717) is 6.10 Å². The first-order chi connectivity index (χ1) is 8.22. The summed E-state index contributed by atoms with van der Waals surface area (Å²) in [4.78, 5) is 2.01. The van der Waals surface area contributed by atoms with Crippen molar-refractivity contribution in [1.82, 2.24) is 5.32 Å². The first kappa shape index (κ1) is 14.2. The van der Waals surface area contributed by atoms with Crippen molar-refractivity contribution in [1.29, 1.82) is 5.26 Å². The Kier molecular flexibility index (Phi) is 6.87. The molecule has 1 heterocycles. The van der Waals surface area contributed by atoms with E-state index in [1.54, 1.807) is 11.3 Å². The van der Waals surface area contributed by atoms with Crippen molar-refractivity contribution in [2.45, 2.75) is 39.3 Å². The minimum atomic E-state index is 0.332. The third kappa shape index (κ3) is 6.42. The van der Waals surface area contributed by atoms with Crippen LogP contribution in [0.2, 0.25) is 0 Å². The van der Waals surface area contributed by atoms with E-state index in [1.165, 1.54) is 4.88 Å². The predicted octanol–water partition coefficient (Wildman–Crippen LogP) is 2.91. The number of unbranched alkanes of at least 4 members (excludes halogenated alkanes) is 1. The van der Waals surface area contributed by atoms with Crippen LogP contribution in [-0.2, 0) is 11.3 Å². The van der Waals surface area contributed by atoms with Gasteiger partial charge < -0.3 is 10.1 Å². The van der Waals surface area contributed by atoms with Gasteiger partial charge in [0.15, 0.2) is 0 Å². The highest BCUT2D eigenvalue weighted by Crippen LogP contribution is 2.14. The van der Waals surface area contributed by atoms with E-state index in [1.807, 2.05) is 12.1 Å². The van der Waals surface area contributed by atoms with Gasteiger partial charge in [-0.05, 0) is 45.4 Å². The summed E-state index contributed by atoms with van der Waals surface area (Å²) in [5, 5.41) is 12.1. The number of nitriles is 1. The normalized spacial score (nSPS) is 10.7. The summed E-state index contributed by atoms with van der Waals surface area (Å²) in [6.07, 6.45) is 2.56. The van der Waals surface area contributed by atoms with Gasteiger partial charge in [-0.25, -0.2) is 0 Å². The van der Waals surface area contributed by atoms with Crippen LogP contribution in [0.4, 0.5) is 0 Å². The molecule has 0 aromatic carbocycles. The second kappa shape index (κ2) is 8.24. The molecular formula is C13H20N2OS. The monoisotopic (exact) mass is 252 g/mol. The third-order valence-corrected chi connectivity index (χ3v) is 3.26. The lowest BCUT2D eigenvalue weighted by Crippen LogP contribution is -2.14. The van der Waals surface area contributed by atoms with Crippen LogP contribution in [0.15, 0.2) is 12.1 Å². The molecule has 0 saturated carbocycles. The maximum atomic E-state index is 8.69. The van der Waals surface area contributed by atoms with Gasteiger partial charge in [0.2, 0.25) is 0 Å². The van der Waals surface area contributed by atoms with E-state index in [0.717, 1.165) is 37.4 Å².